The Kier molecular flexibility index (Phi) is 3.79. The van der Waals surface area contributed by atoms with Crippen LogP contribution in [0, 0.1) is 0 Å². The Morgan fingerprint density at radius 1 is 1.18 bits per heavy atom. The van der Waals surface area contributed by atoms with Gasteiger partial charge in [0.2, 0.25) is 5.91 Å². The molecule has 0 spiro atoms. The van der Waals surface area contributed by atoms with Gasteiger partial charge in [-0.3, -0.25) is 4.79 Å². The summed E-state index contributed by atoms with van der Waals surface area (Å²) in [4.78, 5) is 11.5. The average molecular weight is 232 g/mol. The molecule has 0 bridgehead atoms. The van der Waals surface area contributed by atoms with Crippen molar-refractivity contribution in [3.8, 4) is 0 Å². The summed E-state index contributed by atoms with van der Waals surface area (Å²) in [5.74, 6) is 0.683. The first-order valence-electron chi connectivity index (χ1n) is 6.27. The number of hydrogen-bond acceptors (Lipinski definition) is 2. The van der Waals surface area contributed by atoms with Crippen LogP contribution in [-0.2, 0) is 4.79 Å². The zero-order chi connectivity index (χ0) is 12.3. The zero-order valence-electron chi connectivity index (χ0n) is 10.5. The molecular weight excluding hydrogens is 212 g/mol. The Labute approximate surface area is 103 Å². The van der Waals surface area contributed by atoms with Gasteiger partial charge in [-0.05, 0) is 17.0 Å². The molecule has 0 aromatic heterocycles. The van der Waals surface area contributed by atoms with E-state index in [2.05, 4.69) is 48.7 Å². The molecule has 1 saturated heterocycles. The summed E-state index contributed by atoms with van der Waals surface area (Å²) in [6, 6.07) is 8.73. The van der Waals surface area contributed by atoms with Gasteiger partial charge in [0.15, 0.2) is 0 Å². The molecule has 1 aliphatic rings. The molecule has 92 valence electrons. The molecule has 1 amide bonds. The van der Waals surface area contributed by atoms with Gasteiger partial charge in [-0.2, -0.15) is 0 Å². The fraction of sp³-hybridized carbons (Fsp3) is 0.500. The predicted molar refractivity (Wildman–Crippen MR) is 68.9 cm³/mol. The molecule has 0 saturated carbocycles. The first kappa shape index (κ1) is 12.1. The molecule has 2 N–H and O–H groups in total. The molecule has 2 rings (SSSR count). The van der Waals surface area contributed by atoms with Gasteiger partial charge in [0.25, 0.3) is 0 Å². The normalized spacial score (nSPS) is 21.1. The lowest BCUT2D eigenvalue weighted by Gasteiger charge is -2.16. The van der Waals surface area contributed by atoms with Crippen molar-refractivity contribution in [3.63, 3.8) is 0 Å². The van der Waals surface area contributed by atoms with E-state index >= 15 is 0 Å². The molecular formula is C14H20N2O. The topological polar surface area (TPSA) is 41.1 Å². The van der Waals surface area contributed by atoms with Crippen molar-refractivity contribution in [2.24, 2.45) is 0 Å². The van der Waals surface area contributed by atoms with Crippen LogP contribution in [-0.4, -0.2) is 19.0 Å². The summed E-state index contributed by atoms with van der Waals surface area (Å²) in [6.07, 6.45) is 0.529. The van der Waals surface area contributed by atoms with Gasteiger partial charge in [-0.25, -0.2) is 0 Å². The third kappa shape index (κ3) is 3.07. The molecule has 1 aromatic rings. The van der Waals surface area contributed by atoms with Crippen molar-refractivity contribution in [1.29, 1.82) is 0 Å². The van der Waals surface area contributed by atoms with E-state index in [-0.39, 0.29) is 11.9 Å². The van der Waals surface area contributed by atoms with Gasteiger partial charge < -0.3 is 10.6 Å². The molecule has 0 radical (unpaired) electrons. The summed E-state index contributed by atoms with van der Waals surface area (Å²) in [7, 11) is 0. The summed E-state index contributed by atoms with van der Waals surface area (Å²) < 4.78 is 0. The Morgan fingerprint density at radius 3 is 2.53 bits per heavy atom. The van der Waals surface area contributed by atoms with Crippen LogP contribution in [0.1, 0.15) is 43.4 Å². The van der Waals surface area contributed by atoms with Crippen molar-refractivity contribution in [2.75, 3.05) is 13.1 Å². The highest BCUT2D eigenvalue weighted by atomic mass is 16.1. The maximum absolute atomic E-state index is 11.5. The number of hydrogen-bond donors (Lipinski definition) is 2. The third-order valence-corrected chi connectivity index (χ3v) is 3.23. The summed E-state index contributed by atoms with van der Waals surface area (Å²) in [5, 5.41) is 6.27. The van der Waals surface area contributed by atoms with Gasteiger partial charge in [0.1, 0.15) is 0 Å². The highest BCUT2D eigenvalue weighted by Crippen LogP contribution is 2.21. The van der Waals surface area contributed by atoms with Crippen LogP contribution in [0.15, 0.2) is 24.3 Å². The zero-order valence-corrected chi connectivity index (χ0v) is 10.5. The van der Waals surface area contributed by atoms with Crippen LogP contribution in [0.4, 0.5) is 0 Å². The van der Waals surface area contributed by atoms with E-state index in [0.29, 0.717) is 12.3 Å². The predicted octanol–water partition coefficient (Wildman–Crippen LogP) is 1.96. The second kappa shape index (κ2) is 5.32. The van der Waals surface area contributed by atoms with E-state index in [9.17, 15) is 4.79 Å². The average Bonchev–Trinajstić information content (AvgIpc) is 2.54. The van der Waals surface area contributed by atoms with E-state index < -0.39 is 0 Å². The molecule has 1 aromatic carbocycles. The number of carbonyl (C=O) groups excluding carboxylic acids is 1. The van der Waals surface area contributed by atoms with Gasteiger partial charge in [-0.15, -0.1) is 0 Å². The highest BCUT2D eigenvalue weighted by Gasteiger charge is 2.18. The van der Waals surface area contributed by atoms with Gasteiger partial charge in [0.05, 0.1) is 0 Å². The van der Waals surface area contributed by atoms with Crippen LogP contribution in [0.5, 0.6) is 0 Å². The maximum Gasteiger partial charge on any atom is 0.221 e. The highest BCUT2D eigenvalue weighted by molar-refractivity contribution is 5.77. The number of rotatable bonds is 2. The molecule has 1 fully saturated rings. The fourth-order valence-corrected chi connectivity index (χ4v) is 2.13. The third-order valence-electron chi connectivity index (χ3n) is 3.23. The standard InChI is InChI=1S/C14H20N2O/c1-10(2)11-3-5-12(6-4-11)13-9-14(17)16-8-7-15-13/h3-6,10,13,15H,7-9H2,1-2H3,(H,16,17). The largest absolute Gasteiger partial charge is 0.355 e. The molecule has 17 heavy (non-hydrogen) atoms. The number of amides is 1. The molecule has 1 heterocycles. The molecule has 3 heteroatoms. The van der Waals surface area contributed by atoms with Gasteiger partial charge >= 0.3 is 0 Å². The minimum absolute atomic E-state index is 0.132. The second-order valence-corrected chi connectivity index (χ2v) is 4.88. The van der Waals surface area contributed by atoms with Crippen molar-refractivity contribution >= 4 is 5.91 Å². The lowest BCUT2D eigenvalue weighted by molar-refractivity contribution is -0.121. The first-order chi connectivity index (χ1) is 8.16. The van der Waals surface area contributed by atoms with Crippen molar-refractivity contribution in [1.82, 2.24) is 10.6 Å². The quantitative estimate of drug-likeness (QED) is 0.818. The minimum Gasteiger partial charge on any atom is -0.355 e. The summed E-state index contributed by atoms with van der Waals surface area (Å²) in [5.41, 5.74) is 2.54. The first-order valence-corrected chi connectivity index (χ1v) is 6.27. The Hall–Kier alpha value is -1.35. The smallest absolute Gasteiger partial charge is 0.221 e. The van der Waals surface area contributed by atoms with Crippen molar-refractivity contribution in [2.45, 2.75) is 32.2 Å². The van der Waals surface area contributed by atoms with Crippen molar-refractivity contribution in [3.05, 3.63) is 35.4 Å². The molecule has 1 atom stereocenters. The Morgan fingerprint density at radius 2 is 1.88 bits per heavy atom. The lowest BCUT2D eigenvalue weighted by atomic mass is 9.98. The minimum atomic E-state index is 0.132. The van der Waals surface area contributed by atoms with E-state index in [1.54, 1.807) is 0 Å². The number of nitrogens with one attached hydrogen (secondary N) is 2. The summed E-state index contributed by atoms with van der Waals surface area (Å²) >= 11 is 0. The SMILES string of the molecule is CC(C)c1ccc(C2CC(=O)NCCN2)cc1. The van der Waals surface area contributed by atoms with Crippen molar-refractivity contribution < 1.29 is 4.79 Å². The number of benzene rings is 1. The van der Waals surface area contributed by atoms with Crippen LogP contribution >= 0.6 is 0 Å². The fourth-order valence-electron chi connectivity index (χ4n) is 2.13. The Balaban J connectivity index is 2.12. The molecule has 3 nitrogen and oxygen atoms in total. The van der Waals surface area contributed by atoms with E-state index in [1.165, 1.54) is 11.1 Å². The van der Waals surface area contributed by atoms with Crippen LogP contribution < -0.4 is 10.6 Å². The monoisotopic (exact) mass is 232 g/mol. The Bertz CT molecular complexity index is 384. The lowest BCUT2D eigenvalue weighted by Crippen LogP contribution is -2.24. The number of carbonyl (C=O) groups is 1. The van der Waals surface area contributed by atoms with Crippen LogP contribution in [0.25, 0.3) is 0 Å². The molecule has 1 unspecified atom stereocenters. The van der Waals surface area contributed by atoms with E-state index in [4.69, 9.17) is 0 Å². The van der Waals surface area contributed by atoms with E-state index in [1.807, 2.05) is 0 Å². The van der Waals surface area contributed by atoms with E-state index in [0.717, 1.165) is 13.1 Å². The van der Waals surface area contributed by atoms with Gasteiger partial charge in [-0.1, -0.05) is 38.1 Å². The van der Waals surface area contributed by atoms with Crippen LogP contribution in [0.2, 0.25) is 0 Å². The molecule has 1 aliphatic heterocycles. The van der Waals surface area contributed by atoms with Crippen LogP contribution in [0.3, 0.4) is 0 Å². The molecule has 0 aliphatic carbocycles. The maximum atomic E-state index is 11.5. The summed E-state index contributed by atoms with van der Waals surface area (Å²) in [6.45, 7) is 5.93. The second-order valence-electron chi connectivity index (χ2n) is 4.88. The van der Waals surface area contributed by atoms with Gasteiger partial charge in [0, 0.05) is 25.6 Å².